The van der Waals surface area contributed by atoms with Crippen LogP contribution < -0.4 is 15.8 Å². The molecule has 3 N–H and O–H groups in total. The van der Waals surface area contributed by atoms with Crippen molar-refractivity contribution in [3.05, 3.63) is 77.1 Å². The molecular formula is C27H26F3N5O2. The normalized spacial score (nSPS) is 14.5. The summed E-state index contributed by atoms with van der Waals surface area (Å²) in [4.78, 5) is 16.2. The zero-order chi connectivity index (χ0) is 26.4. The molecule has 0 saturated heterocycles. The first-order valence-electron chi connectivity index (χ1n) is 11.9. The lowest BCUT2D eigenvalue weighted by molar-refractivity contribution is -0.131. The number of anilines is 1. The van der Waals surface area contributed by atoms with Crippen molar-refractivity contribution in [3.63, 3.8) is 0 Å². The number of methoxy groups -OCH3 is 1. The maximum absolute atomic E-state index is 12.9. The first-order chi connectivity index (χ1) is 17.6. The zero-order valence-corrected chi connectivity index (χ0v) is 20.4. The van der Waals surface area contributed by atoms with E-state index in [1.54, 1.807) is 42.9 Å². The van der Waals surface area contributed by atoms with Crippen LogP contribution in [-0.4, -0.2) is 40.3 Å². The molecule has 1 saturated carbocycles. The molecule has 0 aliphatic heterocycles. The second-order valence-corrected chi connectivity index (χ2v) is 9.32. The minimum atomic E-state index is -4.28. The van der Waals surface area contributed by atoms with Gasteiger partial charge in [0.1, 0.15) is 5.75 Å². The molecular weight excluding hydrogens is 483 g/mol. The van der Waals surface area contributed by atoms with Crippen LogP contribution in [-0.2, 0) is 5.41 Å². The smallest absolute Gasteiger partial charge is 0.390 e. The summed E-state index contributed by atoms with van der Waals surface area (Å²) in [6, 6.07) is 14.8. The third-order valence-electron chi connectivity index (χ3n) is 6.86. The number of benzene rings is 2. The van der Waals surface area contributed by atoms with E-state index in [0.29, 0.717) is 28.2 Å². The van der Waals surface area contributed by atoms with Gasteiger partial charge in [-0.2, -0.15) is 18.3 Å². The van der Waals surface area contributed by atoms with Gasteiger partial charge in [-0.1, -0.05) is 18.2 Å². The van der Waals surface area contributed by atoms with Gasteiger partial charge in [0.25, 0.3) is 0 Å². The summed E-state index contributed by atoms with van der Waals surface area (Å²) < 4.78 is 45.6. The highest BCUT2D eigenvalue weighted by molar-refractivity contribution is 5.95. The number of primary amides is 1. The molecule has 2 aromatic carbocycles. The molecule has 0 spiro atoms. The topological polar surface area (TPSA) is 94.5 Å². The van der Waals surface area contributed by atoms with Gasteiger partial charge in [-0.25, -0.2) is 9.50 Å². The Bertz CT molecular complexity index is 1470. The highest BCUT2D eigenvalue weighted by atomic mass is 19.4. The van der Waals surface area contributed by atoms with E-state index >= 15 is 0 Å². The fourth-order valence-electron chi connectivity index (χ4n) is 4.70. The van der Waals surface area contributed by atoms with Crippen molar-refractivity contribution in [3.8, 4) is 17.0 Å². The number of nitrogens with zero attached hydrogens (tertiary/aromatic N) is 3. The van der Waals surface area contributed by atoms with Gasteiger partial charge >= 0.3 is 6.18 Å². The number of aromatic nitrogens is 3. The Balaban J connectivity index is 1.62. The van der Waals surface area contributed by atoms with Crippen LogP contribution in [0, 0.1) is 6.92 Å². The predicted molar refractivity (Wildman–Crippen MR) is 134 cm³/mol. The number of carbonyl (C=O) groups excluding carboxylic acids is 1. The van der Waals surface area contributed by atoms with Crippen molar-refractivity contribution in [1.82, 2.24) is 14.6 Å². The maximum atomic E-state index is 12.9. The van der Waals surface area contributed by atoms with Crippen LogP contribution >= 0.6 is 0 Å². The van der Waals surface area contributed by atoms with E-state index in [2.05, 4.69) is 10.3 Å². The zero-order valence-electron chi connectivity index (χ0n) is 20.4. The largest absolute Gasteiger partial charge is 0.497 e. The number of alkyl halides is 3. The van der Waals surface area contributed by atoms with Crippen LogP contribution in [0.5, 0.6) is 5.75 Å². The van der Waals surface area contributed by atoms with Crippen molar-refractivity contribution in [1.29, 1.82) is 0 Å². The summed E-state index contributed by atoms with van der Waals surface area (Å²) in [6.45, 7) is 1.51. The van der Waals surface area contributed by atoms with Gasteiger partial charge in [-0.05, 0) is 61.2 Å². The molecule has 0 bridgehead atoms. The average molecular weight is 510 g/mol. The summed E-state index contributed by atoms with van der Waals surface area (Å²) in [6.07, 6.45) is -1.90. The minimum Gasteiger partial charge on any atom is -0.497 e. The van der Waals surface area contributed by atoms with Gasteiger partial charge in [0.15, 0.2) is 5.65 Å². The molecule has 1 aliphatic carbocycles. The maximum Gasteiger partial charge on any atom is 0.390 e. The molecule has 4 aromatic rings. The Morgan fingerprint density at radius 2 is 1.89 bits per heavy atom. The molecule has 7 nitrogen and oxygen atoms in total. The second kappa shape index (κ2) is 9.10. The number of nitrogens with one attached hydrogen (secondary N) is 1. The number of fused-ring (bicyclic) bond motifs is 1. The Morgan fingerprint density at radius 3 is 2.49 bits per heavy atom. The number of nitrogens with two attached hydrogens (primary N) is 1. The number of ether oxygens (including phenoxy) is 1. The van der Waals surface area contributed by atoms with E-state index in [1.807, 2.05) is 30.3 Å². The van der Waals surface area contributed by atoms with E-state index in [1.165, 1.54) is 0 Å². The van der Waals surface area contributed by atoms with Crippen LogP contribution in [0.25, 0.3) is 16.9 Å². The quantitative estimate of drug-likeness (QED) is 0.338. The fraction of sp³-hybridized carbons (Fsp3) is 0.296. The SMILES string of the molecule is COc1ccc(C2(c3cc(NCCC(F)(F)F)c4ncc(-c5ccc(C(N)=O)c(C)c5)n4n3)CC2)cc1. The highest BCUT2D eigenvalue weighted by Gasteiger charge is 2.48. The van der Waals surface area contributed by atoms with E-state index in [-0.39, 0.29) is 12.0 Å². The molecule has 10 heteroatoms. The lowest BCUT2D eigenvalue weighted by Gasteiger charge is -2.19. The van der Waals surface area contributed by atoms with Gasteiger partial charge in [0.05, 0.1) is 36.8 Å². The van der Waals surface area contributed by atoms with Crippen LogP contribution in [0.2, 0.25) is 0 Å². The first-order valence-corrected chi connectivity index (χ1v) is 11.9. The minimum absolute atomic E-state index is 0.285. The number of halogens is 3. The number of hydrogen-bond acceptors (Lipinski definition) is 5. The van der Waals surface area contributed by atoms with E-state index in [9.17, 15) is 18.0 Å². The molecule has 1 fully saturated rings. The third kappa shape index (κ3) is 4.71. The summed E-state index contributed by atoms with van der Waals surface area (Å²) in [5.41, 5.74) is 10.3. The molecule has 0 unspecified atom stereocenters. The molecule has 0 radical (unpaired) electrons. The number of amides is 1. The van der Waals surface area contributed by atoms with E-state index in [0.717, 1.165) is 35.4 Å². The monoisotopic (exact) mass is 509 g/mol. The molecule has 2 aromatic heterocycles. The summed E-state index contributed by atoms with van der Waals surface area (Å²) in [5.74, 6) is 0.220. The summed E-state index contributed by atoms with van der Waals surface area (Å²) in [7, 11) is 1.61. The molecule has 1 aliphatic rings. The van der Waals surface area contributed by atoms with E-state index in [4.69, 9.17) is 15.6 Å². The predicted octanol–water partition coefficient (Wildman–Crippen LogP) is 5.26. The molecule has 37 heavy (non-hydrogen) atoms. The Hall–Kier alpha value is -4.08. The Kier molecular flexibility index (Phi) is 6.05. The fourth-order valence-corrected chi connectivity index (χ4v) is 4.70. The number of hydrogen-bond donors (Lipinski definition) is 2. The lowest BCUT2D eigenvalue weighted by atomic mass is 9.92. The van der Waals surface area contributed by atoms with Crippen molar-refractivity contribution in [2.45, 2.75) is 37.8 Å². The number of carbonyl (C=O) groups is 1. The molecule has 2 heterocycles. The highest BCUT2D eigenvalue weighted by Crippen LogP contribution is 2.53. The molecule has 1 amide bonds. The number of imidazole rings is 1. The third-order valence-corrected chi connectivity index (χ3v) is 6.86. The van der Waals surface area contributed by atoms with Gasteiger partial charge in [-0.15, -0.1) is 0 Å². The van der Waals surface area contributed by atoms with Crippen LogP contribution in [0.15, 0.2) is 54.7 Å². The molecule has 5 rings (SSSR count). The van der Waals surface area contributed by atoms with Gasteiger partial charge in [0.2, 0.25) is 5.91 Å². The molecule has 0 atom stereocenters. The van der Waals surface area contributed by atoms with Crippen molar-refractivity contribution in [2.75, 3.05) is 19.0 Å². The summed E-state index contributed by atoms with van der Waals surface area (Å²) in [5, 5.41) is 7.87. The number of rotatable bonds is 8. The van der Waals surface area contributed by atoms with Crippen molar-refractivity contribution < 1.29 is 22.7 Å². The van der Waals surface area contributed by atoms with Gasteiger partial charge in [0, 0.05) is 23.1 Å². The Morgan fingerprint density at radius 1 is 1.16 bits per heavy atom. The van der Waals surface area contributed by atoms with Crippen molar-refractivity contribution >= 4 is 17.2 Å². The first kappa shape index (κ1) is 24.6. The average Bonchev–Trinajstić information content (AvgIpc) is 3.55. The van der Waals surface area contributed by atoms with Crippen LogP contribution in [0.1, 0.15) is 46.4 Å². The number of aryl methyl sites for hydroxylation is 1. The van der Waals surface area contributed by atoms with Gasteiger partial charge < -0.3 is 15.8 Å². The summed E-state index contributed by atoms with van der Waals surface area (Å²) >= 11 is 0. The van der Waals surface area contributed by atoms with Crippen LogP contribution in [0.4, 0.5) is 18.9 Å². The van der Waals surface area contributed by atoms with E-state index < -0.39 is 18.5 Å². The molecule has 192 valence electrons. The van der Waals surface area contributed by atoms with Crippen molar-refractivity contribution in [2.24, 2.45) is 5.73 Å². The second-order valence-electron chi connectivity index (χ2n) is 9.32. The van der Waals surface area contributed by atoms with Crippen LogP contribution in [0.3, 0.4) is 0 Å². The Labute approximate surface area is 211 Å². The van der Waals surface area contributed by atoms with Gasteiger partial charge in [-0.3, -0.25) is 4.79 Å². The lowest BCUT2D eigenvalue weighted by Crippen LogP contribution is -2.18. The standard InChI is InChI=1S/C27H26F3N5O2/c1-16-13-17(3-8-20(16)24(31)36)22-15-33-25-21(32-12-11-27(28,29)30)14-23(34-35(22)25)26(9-10-26)18-4-6-19(37-2)7-5-18/h3-8,13-15,32H,9-12H2,1-2H3,(H2,31,36).